The van der Waals surface area contributed by atoms with Crippen LogP contribution in [0.5, 0.6) is 11.5 Å². The van der Waals surface area contributed by atoms with Crippen LogP contribution in [0.15, 0.2) is 42.5 Å². The minimum absolute atomic E-state index is 0.0687. The lowest BCUT2D eigenvalue weighted by Crippen LogP contribution is -2.02. The summed E-state index contributed by atoms with van der Waals surface area (Å²) in [6.45, 7) is 4.05. The van der Waals surface area contributed by atoms with Gasteiger partial charge < -0.3 is 9.84 Å². The van der Waals surface area contributed by atoms with E-state index in [2.05, 4.69) is 6.92 Å². The molecule has 2 aromatic rings. The molecule has 1 N–H and O–H groups in total. The van der Waals surface area contributed by atoms with E-state index < -0.39 is 0 Å². The van der Waals surface area contributed by atoms with E-state index in [9.17, 15) is 9.90 Å². The minimum atomic E-state index is -0.131. The number of phenolic OH excluding ortho intramolecular Hbond substituents is 1. The Balaban J connectivity index is 2.22. The Bertz CT molecular complexity index is 647. The number of ketones is 1. The van der Waals surface area contributed by atoms with Crippen LogP contribution in [0, 0.1) is 0 Å². The van der Waals surface area contributed by atoms with Gasteiger partial charge in [-0.25, -0.2) is 0 Å². The number of carbonyl (C=O) groups is 1. The summed E-state index contributed by atoms with van der Waals surface area (Å²) in [6.07, 6.45) is 3.87. The van der Waals surface area contributed by atoms with Crippen LogP contribution in [0.4, 0.5) is 0 Å². The molecule has 3 heteroatoms. The van der Waals surface area contributed by atoms with Crippen LogP contribution in [-0.2, 0) is 13.0 Å². The first-order valence-electron chi connectivity index (χ1n) is 8.16. The molecule has 0 heterocycles. The van der Waals surface area contributed by atoms with Crippen molar-refractivity contribution >= 4 is 5.78 Å². The molecule has 2 aromatic carbocycles. The summed E-state index contributed by atoms with van der Waals surface area (Å²) in [5.74, 6) is 0.598. The first-order valence-corrected chi connectivity index (χ1v) is 8.16. The average molecular weight is 312 g/mol. The van der Waals surface area contributed by atoms with E-state index in [0.717, 1.165) is 30.4 Å². The van der Waals surface area contributed by atoms with E-state index in [-0.39, 0.29) is 11.5 Å². The zero-order valence-electron chi connectivity index (χ0n) is 13.8. The Hall–Kier alpha value is -2.29. The van der Waals surface area contributed by atoms with Crippen molar-refractivity contribution in [1.29, 1.82) is 0 Å². The molecule has 0 atom stereocenters. The van der Waals surface area contributed by atoms with E-state index in [1.165, 1.54) is 6.92 Å². The molecule has 0 aromatic heterocycles. The Morgan fingerprint density at radius 3 is 2.48 bits per heavy atom. The molecule has 0 aliphatic carbocycles. The van der Waals surface area contributed by atoms with Crippen LogP contribution in [0.2, 0.25) is 0 Å². The topological polar surface area (TPSA) is 46.5 Å². The van der Waals surface area contributed by atoms with Gasteiger partial charge in [-0.2, -0.15) is 0 Å². The first-order chi connectivity index (χ1) is 11.1. The maximum Gasteiger partial charge on any atom is 0.163 e. The van der Waals surface area contributed by atoms with Gasteiger partial charge in [-0.1, -0.05) is 50.1 Å². The first kappa shape index (κ1) is 17.1. The summed E-state index contributed by atoms with van der Waals surface area (Å²) >= 11 is 0. The van der Waals surface area contributed by atoms with Crippen molar-refractivity contribution < 1.29 is 14.6 Å². The quantitative estimate of drug-likeness (QED) is 0.556. The lowest BCUT2D eigenvalue weighted by Gasteiger charge is -2.15. The van der Waals surface area contributed by atoms with E-state index in [4.69, 9.17) is 4.74 Å². The number of unbranched alkanes of at least 4 members (excludes halogenated alkanes) is 2. The van der Waals surface area contributed by atoms with Gasteiger partial charge >= 0.3 is 0 Å². The third-order valence-corrected chi connectivity index (χ3v) is 3.89. The molecule has 0 radical (unpaired) electrons. The van der Waals surface area contributed by atoms with Crippen molar-refractivity contribution in [1.82, 2.24) is 0 Å². The molecular weight excluding hydrogens is 288 g/mol. The molecule has 0 spiro atoms. The minimum Gasteiger partial charge on any atom is -0.507 e. The SMILES string of the molecule is CCCCCc1c(OCc2ccccc2)ccc(C(C)=O)c1O. The van der Waals surface area contributed by atoms with E-state index >= 15 is 0 Å². The summed E-state index contributed by atoms with van der Waals surface area (Å²) in [4.78, 5) is 11.6. The van der Waals surface area contributed by atoms with Crippen molar-refractivity contribution in [2.45, 2.75) is 46.1 Å². The van der Waals surface area contributed by atoms with Gasteiger partial charge in [0.15, 0.2) is 5.78 Å². The fraction of sp³-hybridized carbons (Fsp3) is 0.350. The van der Waals surface area contributed by atoms with Crippen LogP contribution in [0.1, 0.15) is 54.6 Å². The predicted octanol–water partition coefficient (Wildman–Crippen LogP) is 4.91. The van der Waals surface area contributed by atoms with E-state index in [1.54, 1.807) is 12.1 Å². The molecule has 122 valence electrons. The van der Waals surface area contributed by atoms with Crippen LogP contribution in [-0.4, -0.2) is 10.9 Å². The summed E-state index contributed by atoms with van der Waals surface area (Å²) in [7, 11) is 0. The van der Waals surface area contributed by atoms with Crippen molar-refractivity contribution in [3.63, 3.8) is 0 Å². The third kappa shape index (κ3) is 4.59. The highest BCUT2D eigenvalue weighted by Crippen LogP contribution is 2.33. The smallest absolute Gasteiger partial charge is 0.163 e. The highest BCUT2D eigenvalue weighted by Gasteiger charge is 2.16. The normalized spacial score (nSPS) is 10.5. The Kier molecular flexibility index (Phi) is 6.21. The fourth-order valence-corrected chi connectivity index (χ4v) is 2.57. The molecule has 23 heavy (non-hydrogen) atoms. The second kappa shape index (κ2) is 8.37. The molecule has 0 fully saturated rings. The van der Waals surface area contributed by atoms with Crippen LogP contribution in [0.25, 0.3) is 0 Å². The molecule has 0 unspecified atom stereocenters. The molecule has 0 aliphatic heterocycles. The van der Waals surface area contributed by atoms with Gasteiger partial charge in [-0.05, 0) is 37.5 Å². The van der Waals surface area contributed by atoms with Gasteiger partial charge in [0.25, 0.3) is 0 Å². The van der Waals surface area contributed by atoms with Gasteiger partial charge in [-0.15, -0.1) is 0 Å². The second-order valence-electron chi connectivity index (χ2n) is 5.73. The lowest BCUT2D eigenvalue weighted by molar-refractivity contribution is 0.101. The number of carbonyl (C=O) groups excluding carboxylic acids is 1. The van der Waals surface area contributed by atoms with Crippen molar-refractivity contribution in [3.05, 3.63) is 59.2 Å². The second-order valence-corrected chi connectivity index (χ2v) is 5.73. The molecule has 3 nitrogen and oxygen atoms in total. The number of ether oxygens (including phenoxy) is 1. The number of rotatable bonds is 8. The maximum absolute atomic E-state index is 11.6. The molecule has 0 saturated heterocycles. The molecule has 0 saturated carbocycles. The summed E-state index contributed by atoms with van der Waals surface area (Å²) in [5, 5.41) is 10.4. The third-order valence-electron chi connectivity index (χ3n) is 3.89. The largest absolute Gasteiger partial charge is 0.507 e. The number of aromatic hydroxyl groups is 1. The number of phenols is 1. The summed E-state index contributed by atoms with van der Waals surface area (Å²) in [6, 6.07) is 13.3. The van der Waals surface area contributed by atoms with Gasteiger partial charge in [0, 0.05) is 5.56 Å². The zero-order valence-corrected chi connectivity index (χ0v) is 13.8. The highest BCUT2D eigenvalue weighted by atomic mass is 16.5. The van der Waals surface area contributed by atoms with Crippen LogP contribution >= 0.6 is 0 Å². The molecule has 2 rings (SSSR count). The Morgan fingerprint density at radius 2 is 1.83 bits per heavy atom. The number of hydrogen-bond acceptors (Lipinski definition) is 3. The van der Waals surface area contributed by atoms with Gasteiger partial charge in [-0.3, -0.25) is 4.79 Å². The van der Waals surface area contributed by atoms with Crippen molar-refractivity contribution in [3.8, 4) is 11.5 Å². The summed E-state index contributed by atoms with van der Waals surface area (Å²) in [5.41, 5.74) is 2.17. The fourth-order valence-electron chi connectivity index (χ4n) is 2.57. The lowest BCUT2D eigenvalue weighted by atomic mass is 10.00. The van der Waals surface area contributed by atoms with Crippen molar-refractivity contribution in [2.24, 2.45) is 0 Å². The highest BCUT2D eigenvalue weighted by molar-refractivity contribution is 5.97. The molecular formula is C20H24O3. The number of hydrogen-bond donors (Lipinski definition) is 1. The van der Waals surface area contributed by atoms with Crippen LogP contribution in [0.3, 0.4) is 0 Å². The zero-order chi connectivity index (χ0) is 16.7. The van der Waals surface area contributed by atoms with Gasteiger partial charge in [0.05, 0.1) is 5.56 Å². The molecule has 0 aliphatic rings. The maximum atomic E-state index is 11.6. The standard InChI is InChI=1S/C20H24O3/c1-3-4-6-11-18-19(13-12-17(15(2)21)20(18)22)23-14-16-9-7-5-8-10-16/h5,7-10,12-13,22H,3-4,6,11,14H2,1-2H3. The summed E-state index contributed by atoms with van der Waals surface area (Å²) < 4.78 is 5.90. The van der Waals surface area contributed by atoms with Gasteiger partial charge in [0.1, 0.15) is 18.1 Å². The predicted molar refractivity (Wildman–Crippen MR) is 92.1 cm³/mol. The van der Waals surface area contributed by atoms with E-state index in [0.29, 0.717) is 24.3 Å². The average Bonchev–Trinajstić information content (AvgIpc) is 2.55. The van der Waals surface area contributed by atoms with E-state index in [1.807, 2.05) is 30.3 Å². The number of Topliss-reactive ketones (excluding diaryl/α,β-unsaturated/α-hetero) is 1. The molecule has 0 amide bonds. The molecule has 0 bridgehead atoms. The van der Waals surface area contributed by atoms with Crippen LogP contribution < -0.4 is 4.74 Å². The van der Waals surface area contributed by atoms with Crippen molar-refractivity contribution in [2.75, 3.05) is 0 Å². The number of benzene rings is 2. The monoisotopic (exact) mass is 312 g/mol. The Labute approximate surface area is 137 Å². The Morgan fingerprint density at radius 1 is 1.09 bits per heavy atom. The van der Waals surface area contributed by atoms with Gasteiger partial charge in [0.2, 0.25) is 0 Å².